The third-order valence-corrected chi connectivity index (χ3v) is 3.23. The molecule has 0 aliphatic heterocycles. The van der Waals surface area contributed by atoms with Gasteiger partial charge in [0.15, 0.2) is 0 Å². The highest BCUT2D eigenvalue weighted by Gasteiger charge is 2.25. The summed E-state index contributed by atoms with van der Waals surface area (Å²) >= 11 is 0. The summed E-state index contributed by atoms with van der Waals surface area (Å²) in [5.74, 6) is 0.668. The molecule has 0 spiro atoms. The van der Waals surface area contributed by atoms with Crippen LogP contribution in [0.3, 0.4) is 0 Å². The molecule has 0 atom stereocenters. The van der Waals surface area contributed by atoms with Crippen molar-refractivity contribution in [1.82, 2.24) is 14.9 Å². The molecule has 110 valence electrons. The molecule has 1 aromatic heterocycles. The minimum Gasteiger partial charge on any atom is -0.363 e. The van der Waals surface area contributed by atoms with E-state index in [0.717, 1.165) is 6.54 Å². The van der Waals surface area contributed by atoms with Gasteiger partial charge in [-0.05, 0) is 26.8 Å². The zero-order valence-corrected chi connectivity index (χ0v) is 11.8. The van der Waals surface area contributed by atoms with Crippen LogP contribution in [0.5, 0.6) is 0 Å². The number of likely N-dealkylation sites (N-methyl/N-ethyl adjacent to an activating group) is 1. The quantitative estimate of drug-likeness (QED) is 0.547. The monoisotopic (exact) mass is 280 g/mol. The van der Waals surface area contributed by atoms with Crippen molar-refractivity contribution in [2.75, 3.05) is 37.3 Å². The van der Waals surface area contributed by atoms with Crippen molar-refractivity contribution in [3.8, 4) is 0 Å². The van der Waals surface area contributed by atoms with Crippen LogP contribution in [0.1, 0.15) is 19.8 Å². The Bertz CT molecular complexity index is 477. The predicted octanol–water partition coefficient (Wildman–Crippen LogP) is 1.32. The van der Waals surface area contributed by atoms with E-state index >= 15 is 0 Å². The summed E-state index contributed by atoms with van der Waals surface area (Å²) < 4.78 is 0. The van der Waals surface area contributed by atoms with Crippen LogP contribution in [-0.2, 0) is 0 Å². The molecule has 0 aromatic carbocycles. The Kier molecular flexibility index (Phi) is 4.67. The minimum atomic E-state index is -0.470. The summed E-state index contributed by atoms with van der Waals surface area (Å²) in [6.07, 6.45) is 3.72. The van der Waals surface area contributed by atoms with Crippen molar-refractivity contribution in [3.05, 3.63) is 16.3 Å². The van der Waals surface area contributed by atoms with E-state index in [4.69, 9.17) is 0 Å². The molecule has 0 bridgehead atoms. The van der Waals surface area contributed by atoms with Crippen LogP contribution in [0.25, 0.3) is 0 Å². The lowest BCUT2D eigenvalue weighted by Crippen LogP contribution is -2.27. The van der Waals surface area contributed by atoms with Crippen molar-refractivity contribution in [1.29, 1.82) is 0 Å². The number of aromatic nitrogens is 2. The standard InChI is InChI=1S/C12H20N6O2/c1-3-13-12-15-8-10(18(19)20)11(16-12)14-6-7-17(2)9-4-5-9/h8-9H,3-7H2,1-2H3,(H2,13,14,15,16). The molecule has 2 rings (SSSR count). The SMILES string of the molecule is CCNc1ncc([N+](=O)[O-])c(NCCN(C)C2CC2)n1. The summed E-state index contributed by atoms with van der Waals surface area (Å²) in [5.41, 5.74) is -0.0965. The van der Waals surface area contributed by atoms with Gasteiger partial charge < -0.3 is 15.5 Å². The molecule has 0 unspecified atom stereocenters. The molecule has 1 aromatic rings. The Balaban J connectivity index is 1.98. The van der Waals surface area contributed by atoms with Crippen molar-refractivity contribution >= 4 is 17.5 Å². The van der Waals surface area contributed by atoms with Gasteiger partial charge in [-0.2, -0.15) is 4.98 Å². The van der Waals surface area contributed by atoms with Gasteiger partial charge in [-0.15, -0.1) is 0 Å². The van der Waals surface area contributed by atoms with Gasteiger partial charge in [-0.3, -0.25) is 10.1 Å². The molecular weight excluding hydrogens is 260 g/mol. The Hall–Kier alpha value is -1.96. The van der Waals surface area contributed by atoms with Gasteiger partial charge in [-0.25, -0.2) is 4.98 Å². The molecular formula is C12H20N6O2. The normalized spacial score (nSPS) is 14.3. The Morgan fingerprint density at radius 2 is 2.25 bits per heavy atom. The second kappa shape index (κ2) is 6.47. The average molecular weight is 280 g/mol. The van der Waals surface area contributed by atoms with Gasteiger partial charge in [0.25, 0.3) is 0 Å². The van der Waals surface area contributed by atoms with Crippen LogP contribution in [0.4, 0.5) is 17.5 Å². The molecule has 0 saturated heterocycles. The molecule has 0 amide bonds. The fourth-order valence-electron chi connectivity index (χ4n) is 1.93. The zero-order chi connectivity index (χ0) is 14.5. The molecule has 8 heteroatoms. The highest BCUT2D eigenvalue weighted by atomic mass is 16.6. The van der Waals surface area contributed by atoms with Crippen LogP contribution in [0, 0.1) is 10.1 Å². The van der Waals surface area contributed by atoms with Gasteiger partial charge in [0.05, 0.1) is 4.92 Å². The number of hydrogen-bond donors (Lipinski definition) is 2. The first-order valence-corrected chi connectivity index (χ1v) is 6.81. The molecule has 8 nitrogen and oxygen atoms in total. The number of anilines is 2. The maximum atomic E-state index is 11.0. The van der Waals surface area contributed by atoms with Crippen LogP contribution in [-0.4, -0.2) is 52.5 Å². The molecule has 0 radical (unpaired) electrons. The van der Waals surface area contributed by atoms with Crippen molar-refractivity contribution in [2.24, 2.45) is 0 Å². The van der Waals surface area contributed by atoms with Crippen LogP contribution >= 0.6 is 0 Å². The van der Waals surface area contributed by atoms with Crippen molar-refractivity contribution < 1.29 is 4.92 Å². The first-order valence-electron chi connectivity index (χ1n) is 6.81. The summed E-state index contributed by atoms with van der Waals surface area (Å²) in [6.45, 7) is 4.04. The van der Waals surface area contributed by atoms with Crippen molar-refractivity contribution in [2.45, 2.75) is 25.8 Å². The number of hydrogen-bond acceptors (Lipinski definition) is 7. The first kappa shape index (κ1) is 14.4. The molecule has 1 aliphatic rings. The fraction of sp³-hybridized carbons (Fsp3) is 0.667. The van der Waals surface area contributed by atoms with Gasteiger partial charge in [0.2, 0.25) is 11.8 Å². The highest BCUT2D eigenvalue weighted by molar-refractivity contribution is 5.56. The van der Waals surface area contributed by atoms with Gasteiger partial charge >= 0.3 is 5.69 Å². The van der Waals surface area contributed by atoms with E-state index in [1.54, 1.807) is 0 Å². The lowest BCUT2D eigenvalue weighted by atomic mass is 10.4. The zero-order valence-electron chi connectivity index (χ0n) is 11.8. The largest absolute Gasteiger partial charge is 0.363 e. The summed E-state index contributed by atoms with van der Waals surface area (Å²) in [5, 5.41) is 16.9. The van der Waals surface area contributed by atoms with Crippen LogP contribution in [0.2, 0.25) is 0 Å². The maximum absolute atomic E-state index is 11.0. The van der Waals surface area contributed by atoms with E-state index in [-0.39, 0.29) is 11.5 Å². The van der Waals surface area contributed by atoms with Gasteiger partial charge in [0, 0.05) is 25.7 Å². The average Bonchev–Trinajstić information content (AvgIpc) is 3.23. The van der Waals surface area contributed by atoms with E-state index in [9.17, 15) is 10.1 Å². The van der Waals surface area contributed by atoms with Gasteiger partial charge in [-0.1, -0.05) is 0 Å². The molecule has 1 fully saturated rings. The number of rotatable bonds is 8. The van der Waals surface area contributed by atoms with Crippen molar-refractivity contribution in [3.63, 3.8) is 0 Å². The van der Waals surface area contributed by atoms with Crippen LogP contribution in [0.15, 0.2) is 6.20 Å². The summed E-state index contributed by atoms with van der Waals surface area (Å²) in [6, 6.07) is 0.675. The molecule has 20 heavy (non-hydrogen) atoms. The topological polar surface area (TPSA) is 96.2 Å². The van der Waals surface area contributed by atoms with E-state index in [0.29, 0.717) is 25.1 Å². The van der Waals surface area contributed by atoms with E-state index in [2.05, 4.69) is 32.5 Å². The smallest absolute Gasteiger partial charge is 0.329 e. The number of nitrogens with zero attached hydrogens (tertiary/aromatic N) is 4. The highest BCUT2D eigenvalue weighted by Crippen LogP contribution is 2.25. The lowest BCUT2D eigenvalue weighted by Gasteiger charge is -2.16. The summed E-state index contributed by atoms with van der Waals surface area (Å²) in [4.78, 5) is 20.8. The third kappa shape index (κ3) is 3.77. The van der Waals surface area contributed by atoms with Gasteiger partial charge in [0.1, 0.15) is 6.20 Å². The lowest BCUT2D eigenvalue weighted by molar-refractivity contribution is -0.384. The second-order valence-corrected chi connectivity index (χ2v) is 4.85. The predicted molar refractivity (Wildman–Crippen MR) is 77.0 cm³/mol. The van der Waals surface area contributed by atoms with E-state index < -0.39 is 4.92 Å². The molecule has 1 saturated carbocycles. The maximum Gasteiger partial charge on any atom is 0.329 e. The van der Waals surface area contributed by atoms with E-state index in [1.165, 1.54) is 19.0 Å². The minimum absolute atomic E-state index is 0.0965. The fourth-order valence-corrected chi connectivity index (χ4v) is 1.93. The molecule has 2 N–H and O–H groups in total. The molecule has 1 aliphatic carbocycles. The Morgan fingerprint density at radius 1 is 1.50 bits per heavy atom. The Labute approximate surface area is 117 Å². The summed E-state index contributed by atoms with van der Waals surface area (Å²) in [7, 11) is 2.07. The Morgan fingerprint density at radius 3 is 2.85 bits per heavy atom. The van der Waals surface area contributed by atoms with E-state index in [1.807, 2.05) is 6.92 Å². The second-order valence-electron chi connectivity index (χ2n) is 4.85. The number of nitro groups is 1. The first-order chi connectivity index (χ1) is 9.61. The molecule has 1 heterocycles. The number of nitrogens with one attached hydrogen (secondary N) is 2. The third-order valence-electron chi connectivity index (χ3n) is 3.23. The van der Waals surface area contributed by atoms with Crippen LogP contribution < -0.4 is 10.6 Å².